The van der Waals surface area contributed by atoms with Crippen LogP contribution in [0.4, 0.5) is 5.82 Å². The van der Waals surface area contributed by atoms with Crippen molar-refractivity contribution in [1.82, 2.24) is 14.4 Å². The molecule has 0 aromatic carbocycles. The number of nitrogens with zero attached hydrogens (tertiary/aromatic N) is 5. The third-order valence-electron chi connectivity index (χ3n) is 5.86. The van der Waals surface area contributed by atoms with Crippen molar-refractivity contribution < 1.29 is 14.7 Å². The van der Waals surface area contributed by atoms with Crippen LogP contribution in [-0.2, 0) is 16.1 Å². The number of piperazine rings is 1. The zero-order valence-electron chi connectivity index (χ0n) is 19.0. The Morgan fingerprint density at radius 3 is 2.45 bits per heavy atom. The lowest BCUT2D eigenvalue weighted by molar-refractivity contribution is -0.140. The van der Waals surface area contributed by atoms with Crippen LogP contribution in [0, 0.1) is 18.3 Å². The number of carboxylic acids is 1. The van der Waals surface area contributed by atoms with Gasteiger partial charge in [-0.05, 0) is 31.5 Å². The van der Waals surface area contributed by atoms with Gasteiger partial charge < -0.3 is 14.9 Å². The van der Waals surface area contributed by atoms with Gasteiger partial charge in [0.1, 0.15) is 28.3 Å². The number of thioether (sulfide) groups is 1. The first kappa shape index (κ1) is 25.0. The third kappa shape index (κ3) is 4.98. The fraction of sp³-hybridized carbons (Fsp3) is 0.500. The molecule has 2 aliphatic rings. The van der Waals surface area contributed by atoms with Gasteiger partial charge in [0.05, 0.1) is 4.91 Å². The van der Waals surface area contributed by atoms with E-state index in [4.69, 9.17) is 17.3 Å². The van der Waals surface area contributed by atoms with Crippen LogP contribution in [0.5, 0.6) is 0 Å². The van der Waals surface area contributed by atoms with Crippen LogP contribution in [0.1, 0.15) is 37.0 Å². The van der Waals surface area contributed by atoms with Gasteiger partial charge >= 0.3 is 5.97 Å². The molecule has 1 N–H and O–H groups in total. The fourth-order valence-electron chi connectivity index (χ4n) is 4.09. The molecule has 0 saturated carbocycles. The Hall–Kier alpha value is -2.68. The number of likely N-dealkylation sites (N-methyl/N-ethyl adjacent to an activating group) is 1. The second-order valence-electron chi connectivity index (χ2n) is 7.89. The first-order valence-corrected chi connectivity index (χ1v) is 12.1. The van der Waals surface area contributed by atoms with E-state index in [0.717, 1.165) is 36.3 Å². The molecule has 176 valence electrons. The van der Waals surface area contributed by atoms with E-state index >= 15 is 0 Å². The van der Waals surface area contributed by atoms with Gasteiger partial charge in [0.2, 0.25) is 0 Å². The number of carbonyl (C=O) groups is 2. The highest BCUT2D eigenvalue weighted by molar-refractivity contribution is 8.26. The molecule has 0 atom stereocenters. The minimum atomic E-state index is -1.15. The molecular weight excluding hydrogens is 462 g/mol. The molecule has 0 spiro atoms. The van der Waals surface area contributed by atoms with Gasteiger partial charge in [-0.1, -0.05) is 37.8 Å². The largest absolute Gasteiger partial charge is 0.480 e. The first-order chi connectivity index (χ1) is 15.7. The molecule has 2 saturated heterocycles. The lowest BCUT2D eigenvalue weighted by Crippen LogP contribution is -2.48. The number of anilines is 1. The highest BCUT2D eigenvalue weighted by Gasteiger charge is 2.34. The van der Waals surface area contributed by atoms with Gasteiger partial charge in [0.25, 0.3) is 11.5 Å². The van der Waals surface area contributed by atoms with E-state index in [0.29, 0.717) is 43.0 Å². The molecular formula is C22H27N5O4S2. The monoisotopic (exact) mass is 489 g/mol. The Labute approximate surface area is 202 Å². The van der Waals surface area contributed by atoms with Crippen molar-refractivity contribution in [2.75, 3.05) is 44.2 Å². The standard InChI is InChI=1S/C22H27N5O4S2/c1-4-6-26-19(25-9-7-24(5-2)8-10-25)15(14(3)16(12-23)20(26)30)11-17-21(31)27(13-18(28)29)22(32)33-17/h11H,4-10,13H2,1-3H3,(H,28,29)/b17-11+. The Kier molecular flexibility index (Phi) is 7.94. The van der Waals surface area contributed by atoms with Crippen molar-refractivity contribution >= 4 is 52.1 Å². The number of aromatic nitrogens is 1. The minimum Gasteiger partial charge on any atom is -0.480 e. The number of pyridine rings is 1. The molecule has 1 aromatic heterocycles. The number of hydrogen-bond acceptors (Lipinski definition) is 8. The zero-order valence-corrected chi connectivity index (χ0v) is 20.6. The summed E-state index contributed by atoms with van der Waals surface area (Å²) in [7, 11) is 0. The molecule has 0 radical (unpaired) electrons. The second-order valence-corrected chi connectivity index (χ2v) is 9.56. The maximum absolute atomic E-state index is 13.2. The van der Waals surface area contributed by atoms with Crippen LogP contribution in [-0.4, -0.2) is 74.9 Å². The Morgan fingerprint density at radius 1 is 1.24 bits per heavy atom. The van der Waals surface area contributed by atoms with E-state index in [-0.39, 0.29) is 20.3 Å². The van der Waals surface area contributed by atoms with E-state index in [1.165, 1.54) is 0 Å². The van der Waals surface area contributed by atoms with E-state index in [9.17, 15) is 19.6 Å². The fourth-order valence-corrected chi connectivity index (χ4v) is 5.33. The molecule has 2 aliphatic heterocycles. The maximum Gasteiger partial charge on any atom is 0.323 e. The highest BCUT2D eigenvalue weighted by Crippen LogP contribution is 2.36. The summed E-state index contributed by atoms with van der Waals surface area (Å²) in [5, 5.41) is 18.8. The molecule has 11 heteroatoms. The van der Waals surface area contributed by atoms with E-state index in [1.807, 2.05) is 13.0 Å². The number of aliphatic carboxylic acids is 1. The van der Waals surface area contributed by atoms with Crippen molar-refractivity contribution in [1.29, 1.82) is 5.26 Å². The lowest BCUT2D eigenvalue weighted by atomic mass is 10.0. The van der Waals surface area contributed by atoms with Crippen LogP contribution in [0.3, 0.4) is 0 Å². The van der Waals surface area contributed by atoms with Crippen LogP contribution in [0.25, 0.3) is 6.08 Å². The van der Waals surface area contributed by atoms with Crippen molar-refractivity contribution in [2.45, 2.75) is 33.7 Å². The normalized spacial score (nSPS) is 18.3. The van der Waals surface area contributed by atoms with Crippen LogP contribution < -0.4 is 10.5 Å². The van der Waals surface area contributed by atoms with Gasteiger partial charge in [-0.3, -0.25) is 23.9 Å². The molecule has 1 amide bonds. The van der Waals surface area contributed by atoms with Crippen LogP contribution in [0.15, 0.2) is 9.70 Å². The summed E-state index contributed by atoms with van der Waals surface area (Å²) in [6.45, 7) is 9.78. The molecule has 0 aliphatic carbocycles. The van der Waals surface area contributed by atoms with E-state index < -0.39 is 18.4 Å². The van der Waals surface area contributed by atoms with Gasteiger partial charge in [0, 0.05) is 38.3 Å². The average molecular weight is 490 g/mol. The van der Waals surface area contributed by atoms with Crippen LogP contribution in [0.2, 0.25) is 0 Å². The molecule has 1 aromatic rings. The predicted octanol–water partition coefficient (Wildman–Crippen LogP) is 1.87. The van der Waals surface area contributed by atoms with Crippen molar-refractivity contribution in [3.8, 4) is 6.07 Å². The highest BCUT2D eigenvalue weighted by atomic mass is 32.2. The number of hydrogen-bond donors (Lipinski definition) is 1. The van der Waals surface area contributed by atoms with Gasteiger partial charge in [-0.2, -0.15) is 5.26 Å². The molecule has 2 fully saturated rings. The summed E-state index contributed by atoms with van der Waals surface area (Å²) in [4.78, 5) is 43.0. The predicted molar refractivity (Wildman–Crippen MR) is 132 cm³/mol. The summed E-state index contributed by atoms with van der Waals surface area (Å²) in [5.74, 6) is -0.945. The summed E-state index contributed by atoms with van der Waals surface area (Å²) >= 11 is 6.26. The van der Waals surface area contributed by atoms with Crippen molar-refractivity contribution in [3.05, 3.63) is 31.9 Å². The third-order valence-corrected chi connectivity index (χ3v) is 7.23. The molecule has 0 unspecified atom stereocenters. The summed E-state index contributed by atoms with van der Waals surface area (Å²) in [6.07, 6.45) is 2.36. The van der Waals surface area contributed by atoms with Crippen molar-refractivity contribution in [2.24, 2.45) is 0 Å². The summed E-state index contributed by atoms with van der Waals surface area (Å²) in [6, 6.07) is 2.03. The van der Waals surface area contributed by atoms with Crippen LogP contribution >= 0.6 is 24.0 Å². The van der Waals surface area contributed by atoms with E-state index in [1.54, 1.807) is 17.6 Å². The quantitative estimate of drug-likeness (QED) is 0.453. The number of carboxylic acid groups (broad SMARTS) is 1. The lowest BCUT2D eigenvalue weighted by Gasteiger charge is -2.37. The SMILES string of the molecule is CCCn1c(N2CCN(CC)CC2)c(/C=C2/SC(=S)N(CC(=O)O)C2=O)c(C)c(C#N)c1=O. The molecule has 9 nitrogen and oxygen atoms in total. The number of rotatable bonds is 7. The Balaban J connectivity index is 2.19. The first-order valence-electron chi connectivity index (χ1n) is 10.8. The van der Waals surface area contributed by atoms with E-state index in [2.05, 4.69) is 16.7 Å². The Bertz CT molecular complexity index is 1110. The molecule has 3 heterocycles. The second kappa shape index (κ2) is 10.5. The number of amides is 1. The zero-order chi connectivity index (χ0) is 24.3. The molecule has 0 bridgehead atoms. The van der Waals surface area contributed by atoms with Gasteiger partial charge in [0.15, 0.2) is 0 Å². The summed E-state index contributed by atoms with van der Waals surface area (Å²) < 4.78 is 1.81. The van der Waals surface area contributed by atoms with Crippen molar-refractivity contribution in [3.63, 3.8) is 0 Å². The van der Waals surface area contributed by atoms with Gasteiger partial charge in [-0.15, -0.1) is 0 Å². The number of nitriles is 1. The minimum absolute atomic E-state index is 0.0478. The summed E-state index contributed by atoms with van der Waals surface area (Å²) in [5.41, 5.74) is 0.846. The smallest absolute Gasteiger partial charge is 0.323 e. The topological polar surface area (TPSA) is 110 Å². The number of carbonyl (C=O) groups excluding carboxylic acids is 1. The number of thiocarbonyl (C=S) groups is 1. The average Bonchev–Trinajstić information content (AvgIpc) is 3.04. The molecule has 3 rings (SSSR count). The van der Waals surface area contributed by atoms with Gasteiger partial charge in [-0.25, -0.2) is 0 Å². The maximum atomic E-state index is 13.2. The Morgan fingerprint density at radius 2 is 1.91 bits per heavy atom. The molecule has 33 heavy (non-hydrogen) atoms.